The van der Waals surface area contributed by atoms with E-state index in [9.17, 15) is 19.2 Å². The monoisotopic (exact) mass is 864 g/mol. The molecule has 0 spiro atoms. The minimum Gasteiger partial charge on any atom is -0.378 e. The van der Waals surface area contributed by atoms with Crippen molar-refractivity contribution in [1.82, 2.24) is 50.2 Å². The van der Waals surface area contributed by atoms with E-state index in [0.29, 0.717) is 83.0 Å². The van der Waals surface area contributed by atoms with Gasteiger partial charge < -0.3 is 49.7 Å². The number of hydrogen-bond acceptors (Lipinski definition) is 8. The summed E-state index contributed by atoms with van der Waals surface area (Å²) >= 11 is 0. The van der Waals surface area contributed by atoms with Crippen LogP contribution >= 0.6 is 0 Å². The van der Waals surface area contributed by atoms with Crippen molar-refractivity contribution in [2.45, 2.75) is 49.9 Å². The van der Waals surface area contributed by atoms with E-state index in [-0.39, 0.29) is 36.0 Å². The number of aromatic amines is 2. The molecule has 4 saturated heterocycles. The molecule has 0 aliphatic carbocycles. The highest BCUT2D eigenvalue weighted by atomic mass is 16.5. The van der Waals surface area contributed by atoms with E-state index in [1.54, 1.807) is 22.2 Å². The van der Waals surface area contributed by atoms with Gasteiger partial charge in [0.25, 0.3) is 0 Å². The number of benzene rings is 3. The Labute approximate surface area is 371 Å². The van der Waals surface area contributed by atoms with Crippen molar-refractivity contribution in [3.05, 3.63) is 131 Å². The van der Waals surface area contributed by atoms with Gasteiger partial charge in [0.15, 0.2) is 0 Å². The highest BCUT2D eigenvalue weighted by Gasteiger charge is 2.39. The van der Waals surface area contributed by atoms with Gasteiger partial charge in [0, 0.05) is 44.8 Å². The molecule has 9 rings (SSSR count). The van der Waals surface area contributed by atoms with Crippen LogP contribution in [0.3, 0.4) is 0 Å². The van der Waals surface area contributed by atoms with Gasteiger partial charge in [-0.1, -0.05) is 78.7 Å². The van der Waals surface area contributed by atoms with Gasteiger partial charge in [0.05, 0.1) is 56.6 Å². The Bertz CT molecular complexity index is 2470. The van der Waals surface area contributed by atoms with Gasteiger partial charge in [-0.15, -0.1) is 0 Å². The Hall–Kier alpha value is -6.96. The lowest BCUT2D eigenvalue weighted by Gasteiger charge is -2.32. The van der Waals surface area contributed by atoms with Gasteiger partial charge in [0.2, 0.25) is 11.8 Å². The summed E-state index contributed by atoms with van der Waals surface area (Å²) in [4.78, 5) is 78.2. The first kappa shape index (κ1) is 42.3. The lowest BCUT2D eigenvalue weighted by atomic mass is 10.0. The molecule has 4 aliphatic heterocycles. The van der Waals surface area contributed by atoms with Crippen molar-refractivity contribution in [3.8, 4) is 23.1 Å². The Morgan fingerprint density at radius 2 is 1.08 bits per heavy atom. The zero-order chi connectivity index (χ0) is 43.8. The SMILES string of the molecule is O=C(NC(C(=O)N1CCCC1c1ncc(C#Cc2ccc(-c3cnc(C4CCCN4C(=O)C(NC(=O)N4CCOCC4)c4ccccc4)[nH]3)cc2)[nH]1)c1ccccc1)N1CCOCC1. The normalized spacial score (nSPS) is 19.7. The topological polar surface area (TPSA) is 181 Å². The van der Waals surface area contributed by atoms with Gasteiger partial charge in [-0.05, 0) is 60.4 Å². The fourth-order valence-electron chi connectivity index (χ4n) is 8.88. The zero-order valence-electron chi connectivity index (χ0n) is 35.6. The number of ether oxygens (including phenoxy) is 2. The molecule has 4 atom stereocenters. The predicted octanol–water partition coefficient (Wildman–Crippen LogP) is 5.09. The number of carbonyl (C=O) groups is 4. The van der Waals surface area contributed by atoms with Crippen LogP contribution in [0.1, 0.15) is 83.9 Å². The smallest absolute Gasteiger partial charge is 0.318 e. The molecular weight excluding hydrogens is 813 g/mol. The van der Waals surface area contributed by atoms with E-state index in [1.807, 2.05) is 94.7 Å². The van der Waals surface area contributed by atoms with Crippen molar-refractivity contribution in [2.24, 2.45) is 0 Å². The molecule has 2 aromatic heterocycles. The minimum atomic E-state index is -0.844. The van der Waals surface area contributed by atoms with E-state index in [0.717, 1.165) is 53.6 Å². The average molecular weight is 865 g/mol. The Balaban J connectivity index is 0.847. The van der Waals surface area contributed by atoms with Crippen LogP contribution in [0.2, 0.25) is 0 Å². The molecule has 4 fully saturated rings. The molecular formula is C48H52N10O6. The molecule has 330 valence electrons. The summed E-state index contributed by atoms with van der Waals surface area (Å²) in [6.45, 7) is 4.88. The first-order valence-electron chi connectivity index (χ1n) is 22.1. The highest BCUT2D eigenvalue weighted by molar-refractivity contribution is 5.89. The Morgan fingerprint density at radius 3 is 1.59 bits per heavy atom. The molecule has 4 unspecified atom stereocenters. The van der Waals surface area contributed by atoms with Crippen molar-refractivity contribution in [1.29, 1.82) is 0 Å². The molecule has 6 amide bonds. The van der Waals surface area contributed by atoms with E-state index in [2.05, 4.69) is 37.4 Å². The van der Waals surface area contributed by atoms with Gasteiger partial charge >= 0.3 is 12.1 Å². The fraction of sp³-hybridized carbons (Fsp3) is 0.375. The summed E-state index contributed by atoms with van der Waals surface area (Å²) in [5.74, 6) is 7.42. The Kier molecular flexibility index (Phi) is 13.0. The maximum Gasteiger partial charge on any atom is 0.318 e. The van der Waals surface area contributed by atoms with E-state index in [1.165, 1.54) is 0 Å². The molecule has 4 N–H and O–H groups in total. The third-order valence-electron chi connectivity index (χ3n) is 12.3. The number of amides is 6. The summed E-state index contributed by atoms with van der Waals surface area (Å²) in [6, 6.07) is 23.8. The van der Waals surface area contributed by atoms with Crippen molar-refractivity contribution in [3.63, 3.8) is 0 Å². The first-order valence-corrected chi connectivity index (χ1v) is 22.1. The lowest BCUT2D eigenvalue weighted by Crippen LogP contribution is -2.50. The van der Waals surface area contributed by atoms with Gasteiger partial charge in [0.1, 0.15) is 29.4 Å². The summed E-state index contributed by atoms with van der Waals surface area (Å²) in [7, 11) is 0. The second-order valence-electron chi connectivity index (χ2n) is 16.4. The second kappa shape index (κ2) is 19.6. The molecule has 3 aromatic carbocycles. The number of H-pyrrole nitrogens is 2. The molecule has 16 heteroatoms. The lowest BCUT2D eigenvalue weighted by molar-refractivity contribution is -0.135. The minimum absolute atomic E-state index is 0.170. The highest BCUT2D eigenvalue weighted by Crippen LogP contribution is 2.35. The van der Waals surface area contributed by atoms with Gasteiger partial charge in [-0.3, -0.25) is 9.59 Å². The molecule has 4 aliphatic rings. The first-order chi connectivity index (χ1) is 31.4. The number of rotatable bonds is 9. The maximum atomic E-state index is 14.3. The number of nitrogens with zero attached hydrogens (tertiary/aromatic N) is 6. The third kappa shape index (κ3) is 9.51. The number of nitrogens with one attached hydrogen (secondary N) is 4. The van der Waals surface area contributed by atoms with E-state index in [4.69, 9.17) is 14.5 Å². The van der Waals surface area contributed by atoms with E-state index < -0.39 is 12.1 Å². The number of imidazole rings is 2. The van der Waals surface area contributed by atoms with Crippen LogP contribution < -0.4 is 10.6 Å². The molecule has 64 heavy (non-hydrogen) atoms. The molecule has 5 aromatic rings. The standard InChI is InChI=1S/C48H52N10O6/c59-45(41(35-9-3-1-4-10-35)53-47(61)55-23-27-63-28-24-55)57-21-7-13-39(57)43-49-31-37(51-43)20-17-33-15-18-34(19-16-33)38-32-50-44(52-38)40-14-8-22-58(40)46(60)42(36-11-5-2-6-12-36)54-48(62)56-25-29-64-30-26-56/h1-6,9-12,15-16,18-19,31-32,39-42H,7-8,13-14,21-30H2,(H,49,51)(H,50,52)(H,53,61)(H,54,62). The number of hydrogen-bond donors (Lipinski definition) is 4. The van der Waals surface area contributed by atoms with Crippen LogP contribution in [0.25, 0.3) is 11.3 Å². The fourth-order valence-corrected chi connectivity index (χ4v) is 8.88. The number of likely N-dealkylation sites (tertiary alicyclic amines) is 2. The zero-order valence-corrected chi connectivity index (χ0v) is 35.6. The quantitative estimate of drug-likeness (QED) is 0.148. The molecule has 16 nitrogen and oxygen atoms in total. The predicted molar refractivity (Wildman–Crippen MR) is 236 cm³/mol. The van der Waals surface area contributed by atoms with Crippen LogP contribution in [0.4, 0.5) is 9.59 Å². The second-order valence-corrected chi connectivity index (χ2v) is 16.4. The summed E-state index contributed by atoms with van der Waals surface area (Å²) in [6.07, 6.45) is 6.59. The Morgan fingerprint density at radius 1 is 0.594 bits per heavy atom. The van der Waals surface area contributed by atoms with Crippen molar-refractivity contribution >= 4 is 23.9 Å². The van der Waals surface area contributed by atoms with E-state index >= 15 is 0 Å². The van der Waals surface area contributed by atoms with Crippen LogP contribution in [-0.4, -0.2) is 129 Å². The third-order valence-corrected chi connectivity index (χ3v) is 12.3. The molecule has 6 heterocycles. The number of morpholine rings is 2. The average Bonchev–Trinajstić information content (AvgIpc) is 4.21. The molecule has 0 saturated carbocycles. The number of urea groups is 2. The van der Waals surface area contributed by atoms with Gasteiger partial charge in [-0.25, -0.2) is 19.6 Å². The summed E-state index contributed by atoms with van der Waals surface area (Å²) < 4.78 is 10.8. The number of carbonyl (C=O) groups excluding carboxylic acids is 4. The molecule has 0 bridgehead atoms. The molecule has 0 radical (unpaired) electrons. The van der Waals surface area contributed by atoms with Crippen LogP contribution in [0, 0.1) is 11.8 Å². The van der Waals surface area contributed by atoms with Crippen molar-refractivity contribution in [2.75, 3.05) is 65.7 Å². The van der Waals surface area contributed by atoms with Crippen molar-refractivity contribution < 1.29 is 28.7 Å². The maximum absolute atomic E-state index is 14.3. The summed E-state index contributed by atoms with van der Waals surface area (Å²) in [5.41, 5.74) is 4.62. The number of aromatic nitrogens is 4. The van der Waals surface area contributed by atoms with Gasteiger partial charge in [-0.2, -0.15) is 0 Å². The van der Waals surface area contributed by atoms with Crippen LogP contribution in [0.5, 0.6) is 0 Å². The summed E-state index contributed by atoms with van der Waals surface area (Å²) in [5, 5.41) is 6.02. The van der Waals surface area contributed by atoms with Crippen LogP contribution in [-0.2, 0) is 19.1 Å². The largest absolute Gasteiger partial charge is 0.378 e. The van der Waals surface area contributed by atoms with Crippen LogP contribution in [0.15, 0.2) is 97.3 Å².